The van der Waals surface area contributed by atoms with E-state index in [1.807, 2.05) is 38.4 Å². The molecule has 4 rings (SSSR count). The third-order valence-corrected chi connectivity index (χ3v) is 6.11. The number of hydrogen-bond acceptors (Lipinski definition) is 2. The molecule has 0 aliphatic rings. The number of benzene rings is 2. The van der Waals surface area contributed by atoms with E-state index in [1.54, 1.807) is 0 Å². The second kappa shape index (κ2) is 13.8. The summed E-state index contributed by atoms with van der Waals surface area (Å²) in [4.78, 5) is 2.10. The Labute approximate surface area is 242 Å². The van der Waals surface area contributed by atoms with Gasteiger partial charge in [-0.1, -0.05) is 36.4 Å². The van der Waals surface area contributed by atoms with E-state index in [-0.39, 0.29) is 34.0 Å². The summed E-state index contributed by atoms with van der Waals surface area (Å²) in [6.07, 6.45) is 11.6. The summed E-state index contributed by atoms with van der Waals surface area (Å²) in [7, 11) is 10.8. The van der Waals surface area contributed by atoms with Crippen molar-refractivity contribution < 1.29 is 47.4 Å². The lowest BCUT2D eigenvalue weighted by atomic mass is 10.1. The first-order valence-corrected chi connectivity index (χ1v) is 12.2. The van der Waals surface area contributed by atoms with Gasteiger partial charge < -0.3 is 47.8 Å². The summed E-state index contributed by atoms with van der Waals surface area (Å²) in [5.74, 6) is 1.69. The molecule has 37 heavy (non-hydrogen) atoms. The van der Waals surface area contributed by atoms with E-state index >= 15 is 0 Å². The average molecular weight is 627 g/mol. The van der Waals surface area contributed by atoms with Crippen molar-refractivity contribution in [1.82, 2.24) is 0 Å². The van der Waals surface area contributed by atoms with Crippen LogP contribution in [-0.2, 0) is 6.54 Å². The molecular formula is C31H37Br2N3O. The van der Waals surface area contributed by atoms with Crippen molar-refractivity contribution in [3.05, 3.63) is 95.6 Å². The molecule has 4 aromatic rings. The molecule has 0 fully saturated rings. The summed E-state index contributed by atoms with van der Waals surface area (Å²) in [5.41, 5.74) is 4.79. The Bertz CT molecular complexity index is 1330. The number of para-hydroxylation sites is 1. The normalized spacial score (nSPS) is 11.6. The highest BCUT2D eigenvalue weighted by molar-refractivity contribution is 5.88. The molecule has 0 amide bonds. The second-order valence-electron chi connectivity index (χ2n) is 10.2. The lowest BCUT2D eigenvalue weighted by Crippen LogP contribution is -3.00. The number of furan rings is 1. The first kappa shape index (κ1) is 30.6. The maximum atomic E-state index is 6.02. The molecule has 0 saturated heterocycles. The number of aromatic nitrogens is 1. The molecule has 2 aromatic carbocycles. The Morgan fingerprint density at radius 3 is 2.08 bits per heavy atom. The van der Waals surface area contributed by atoms with Crippen molar-refractivity contribution in [2.24, 2.45) is 0 Å². The van der Waals surface area contributed by atoms with Gasteiger partial charge in [0, 0.05) is 31.9 Å². The average Bonchev–Trinajstić information content (AvgIpc) is 3.29. The standard InChI is InChI=1S/C31H37N3O.2BrH/c1-32(2)27-15-11-25(12-16-27)13-17-28-19-20-29(35-28)18-14-26-21-23-33(22-8-24-34(3,4)5)31-10-7-6-9-30(26)31;;/h6-7,9-21,23H,8,22,24H2,1-5H3;2*1H/q+2;;/p-2. The molecule has 0 aliphatic carbocycles. The molecule has 0 radical (unpaired) electrons. The van der Waals surface area contributed by atoms with E-state index < -0.39 is 0 Å². The van der Waals surface area contributed by atoms with Crippen molar-refractivity contribution >= 4 is 40.9 Å². The van der Waals surface area contributed by atoms with E-state index in [0.717, 1.165) is 41.1 Å². The van der Waals surface area contributed by atoms with Crippen molar-refractivity contribution in [3.63, 3.8) is 0 Å². The van der Waals surface area contributed by atoms with Gasteiger partial charge in [-0.05, 0) is 53.6 Å². The minimum Gasteiger partial charge on any atom is -1.00 e. The number of aryl methyl sites for hydroxylation is 1. The van der Waals surface area contributed by atoms with Crippen LogP contribution in [0.4, 0.5) is 5.69 Å². The molecule has 0 saturated carbocycles. The Morgan fingerprint density at radius 2 is 1.43 bits per heavy atom. The minimum absolute atomic E-state index is 0. The zero-order valence-electron chi connectivity index (χ0n) is 22.4. The van der Waals surface area contributed by atoms with E-state index in [9.17, 15) is 0 Å². The van der Waals surface area contributed by atoms with Crippen LogP contribution in [0.25, 0.3) is 35.2 Å². The van der Waals surface area contributed by atoms with Crippen molar-refractivity contribution in [1.29, 1.82) is 0 Å². The highest BCUT2D eigenvalue weighted by Gasteiger charge is 2.13. The van der Waals surface area contributed by atoms with E-state index in [2.05, 4.69) is 104 Å². The van der Waals surface area contributed by atoms with Gasteiger partial charge in [0.1, 0.15) is 11.5 Å². The quantitative estimate of drug-likeness (QED) is 0.196. The number of fused-ring (bicyclic) bond motifs is 1. The molecule has 2 heterocycles. The van der Waals surface area contributed by atoms with Gasteiger partial charge in [0.2, 0.25) is 5.52 Å². The number of quaternary nitrogens is 1. The van der Waals surface area contributed by atoms with Crippen LogP contribution >= 0.6 is 0 Å². The summed E-state index contributed by atoms with van der Waals surface area (Å²) in [6.45, 7) is 2.17. The minimum atomic E-state index is 0. The molecule has 6 heteroatoms. The zero-order valence-corrected chi connectivity index (χ0v) is 25.5. The Kier molecular flexibility index (Phi) is 11.4. The largest absolute Gasteiger partial charge is 1.00 e. The maximum Gasteiger partial charge on any atom is 0.213 e. The Morgan fingerprint density at radius 1 is 0.784 bits per heavy atom. The molecule has 4 nitrogen and oxygen atoms in total. The Hall–Kier alpha value is -2.67. The van der Waals surface area contributed by atoms with Gasteiger partial charge in [-0.15, -0.1) is 0 Å². The molecule has 0 unspecified atom stereocenters. The maximum absolute atomic E-state index is 6.02. The summed E-state index contributed by atoms with van der Waals surface area (Å²) >= 11 is 0. The number of anilines is 1. The molecule has 0 atom stereocenters. The molecule has 0 N–H and O–H groups in total. The monoisotopic (exact) mass is 625 g/mol. The van der Waals surface area contributed by atoms with Gasteiger partial charge >= 0.3 is 0 Å². The molecule has 196 valence electrons. The summed E-state index contributed by atoms with van der Waals surface area (Å²) in [6, 6.07) is 23.3. The van der Waals surface area contributed by atoms with Gasteiger partial charge in [0.15, 0.2) is 12.7 Å². The van der Waals surface area contributed by atoms with Crippen LogP contribution in [0.1, 0.15) is 29.1 Å². The van der Waals surface area contributed by atoms with Crippen LogP contribution in [0.5, 0.6) is 0 Å². The van der Waals surface area contributed by atoms with Gasteiger partial charge in [0.05, 0.1) is 39.5 Å². The first-order valence-electron chi connectivity index (χ1n) is 12.2. The molecule has 0 bridgehead atoms. The number of hydrogen-bond donors (Lipinski definition) is 0. The van der Waals surface area contributed by atoms with Crippen molar-refractivity contribution in [3.8, 4) is 0 Å². The van der Waals surface area contributed by atoms with Gasteiger partial charge in [-0.2, -0.15) is 4.57 Å². The zero-order chi connectivity index (χ0) is 24.8. The van der Waals surface area contributed by atoms with Gasteiger partial charge in [-0.3, -0.25) is 0 Å². The highest BCUT2D eigenvalue weighted by Crippen LogP contribution is 2.20. The topological polar surface area (TPSA) is 20.3 Å². The van der Waals surface area contributed by atoms with Crippen molar-refractivity contribution in [2.75, 3.05) is 46.7 Å². The van der Waals surface area contributed by atoms with Gasteiger partial charge in [0.25, 0.3) is 0 Å². The fourth-order valence-corrected chi connectivity index (χ4v) is 4.15. The van der Waals surface area contributed by atoms with E-state index in [1.165, 1.54) is 22.2 Å². The summed E-state index contributed by atoms with van der Waals surface area (Å²) in [5, 5.41) is 1.25. The van der Waals surface area contributed by atoms with Crippen LogP contribution in [0.3, 0.4) is 0 Å². The number of halogens is 2. The Balaban J connectivity index is 0.00000241. The van der Waals surface area contributed by atoms with Crippen LogP contribution in [0.2, 0.25) is 0 Å². The van der Waals surface area contributed by atoms with Gasteiger partial charge in [-0.25, -0.2) is 0 Å². The van der Waals surface area contributed by atoms with E-state index in [0.29, 0.717) is 0 Å². The SMILES string of the molecule is CN(C)c1ccc(/C=C/c2ccc(/C=C/c3cc[n+](CCC[N+](C)(C)C)c4ccccc34)o2)cc1.[Br-].[Br-]. The molecule has 2 aromatic heterocycles. The lowest BCUT2D eigenvalue weighted by Gasteiger charge is -2.22. The highest BCUT2D eigenvalue weighted by atomic mass is 79.9. The van der Waals surface area contributed by atoms with E-state index in [4.69, 9.17) is 4.42 Å². The number of pyridine rings is 1. The molecular weight excluding hydrogens is 590 g/mol. The number of rotatable bonds is 9. The third-order valence-electron chi connectivity index (χ3n) is 6.11. The lowest BCUT2D eigenvalue weighted by molar-refractivity contribution is -0.873. The van der Waals surface area contributed by atoms with Crippen LogP contribution in [-0.4, -0.2) is 46.3 Å². The van der Waals surface area contributed by atoms with Crippen LogP contribution in [0, 0.1) is 0 Å². The fourth-order valence-electron chi connectivity index (χ4n) is 4.15. The summed E-state index contributed by atoms with van der Waals surface area (Å²) < 4.78 is 9.37. The molecule has 0 spiro atoms. The fraction of sp³-hybridized carbons (Fsp3) is 0.258. The predicted octanol–water partition coefficient (Wildman–Crippen LogP) is 0.231. The number of nitrogens with zero attached hydrogens (tertiary/aromatic N) is 3. The third kappa shape index (κ3) is 8.70. The first-order chi connectivity index (χ1) is 16.8. The molecule has 0 aliphatic heterocycles. The van der Waals surface area contributed by atoms with Crippen molar-refractivity contribution in [2.45, 2.75) is 13.0 Å². The second-order valence-corrected chi connectivity index (χ2v) is 10.2. The van der Waals surface area contributed by atoms with Crippen LogP contribution < -0.4 is 43.4 Å². The van der Waals surface area contributed by atoms with Crippen LogP contribution in [0.15, 0.2) is 77.3 Å². The smallest absolute Gasteiger partial charge is 0.213 e. The predicted molar refractivity (Wildman–Crippen MR) is 149 cm³/mol.